The van der Waals surface area contributed by atoms with Crippen LogP contribution >= 0.6 is 0 Å². The van der Waals surface area contributed by atoms with Gasteiger partial charge in [-0.05, 0) is 25.7 Å². The third-order valence-electron chi connectivity index (χ3n) is 4.22. The number of aliphatic hydroxyl groups is 2. The van der Waals surface area contributed by atoms with Crippen LogP contribution in [0, 0.1) is 5.92 Å². The number of rotatable bonds is 6. The molecule has 7 heteroatoms. The summed E-state index contributed by atoms with van der Waals surface area (Å²) >= 11 is 0. The predicted molar refractivity (Wildman–Crippen MR) is 72.2 cm³/mol. The second kappa shape index (κ2) is 5.90. The van der Waals surface area contributed by atoms with Crippen LogP contribution in [0.2, 0.25) is 0 Å². The Morgan fingerprint density at radius 2 is 1.71 bits per heavy atom. The fourth-order valence-corrected chi connectivity index (χ4v) is 2.55. The molecule has 7 nitrogen and oxygen atoms in total. The van der Waals surface area contributed by atoms with Crippen molar-refractivity contribution >= 4 is 11.8 Å². The van der Waals surface area contributed by atoms with Crippen LogP contribution in [0.5, 0.6) is 0 Å². The first-order valence-corrected chi connectivity index (χ1v) is 7.63. The molecule has 1 heterocycles. The number of nitrogens with one attached hydrogen (secondary N) is 2. The largest absolute Gasteiger partial charge is 0.388 e. The van der Waals surface area contributed by atoms with Gasteiger partial charge in [0, 0.05) is 18.5 Å². The zero-order valence-electron chi connectivity index (χ0n) is 11.8. The van der Waals surface area contributed by atoms with E-state index in [1.807, 2.05) is 0 Å². The van der Waals surface area contributed by atoms with Crippen LogP contribution < -0.4 is 10.6 Å². The Kier molecular flexibility index (Phi) is 4.14. The lowest BCUT2D eigenvalue weighted by atomic mass is 10.1. The van der Waals surface area contributed by atoms with Gasteiger partial charge in [-0.15, -0.1) is 0 Å². The van der Waals surface area contributed by atoms with Gasteiger partial charge >= 0.3 is 0 Å². The van der Waals surface area contributed by atoms with E-state index < -0.39 is 24.4 Å². The smallest absolute Gasteiger partial charge is 0.223 e. The van der Waals surface area contributed by atoms with Gasteiger partial charge in [0.15, 0.2) is 0 Å². The van der Waals surface area contributed by atoms with Crippen molar-refractivity contribution in [2.45, 2.75) is 62.6 Å². The zero-order chi connectivity index (χ0) is 15.0. The standard InChI is InChI=1S/C14H22N2O5/c17-11(16-8-3-4-8)5-9-12(18)13(19)10(21-9)6-15-14(20)7-1-2-7/h7-10,12-13,18-19H,1-6H2,(H,15,20)(H,16,17). The van der Waals surface area contributed by atoms with Crippen molar-refractivity contribution in [1.29, 1.82) is 0 Å². The second-order valence-corrected chi connectivity index (χ2v) is 6.26. The maximum atomic E-state index is 11.7. The van der Waals surface area contributed by atoms with E-state index in [0.717, 1.165) is 25.7 Å². The number of hydrogen-bond donors (Lipinski definition) is 4. The Morgan fingerprint density at radius 3 is 2.33 bits per heavy atom. The van der Waals surface area contributed by atoms with E-state index in [9.17, 15) is 19.8 Å². The second-order valence-electron chi connectivity index (χ2n) is 6.26. The highest BCUT2D eigenvalue weighted by atomic mass is 16.5. The molecule has 118 valence electrons. The first kappa shape index (κ1) is 14.7. The highest BCUT2D eigenvalue weighted by molar-refractivity contribution is 5.80. The van der Waals surface area contributed by atoms with Gasteiger partial charge in [-0.25, -0.2) is 0 Å². The molecule has 0 aromatic heterocycles. The Labute approximate surface area is 123 Å². The van der Waals surface area contributed by atoms with Gasteiger partial charge in [0.2, 0.25) is 11.8 Å². The number of hydrogen-bond acceptors (Lipinski definition) is 5. The molecule has 3 aliphatic rings. The van der Waals surface area contributed by atoms with Crippen LogP contribution in [0.4, 0.5) is 0 Å². The van der Waals surface area contributed by atoms with Crippen molar-refractivity contribution < 1.29 is 24.5 Å². The Bertz CT molecular complexity index is 422. The lowest BCUT2D eigenvalue weighted by Crippen LogP contribution is -2.40. The molecule has 0 bridgehead atoms. The van der Waals surface area contributed by atoms with E-state index in [1.165, 1.54) is 0 Å². The average molecular weight is 298 g/mol. The number of carbonyl (C=O) groups is 2. The highest BCUT2D eigenvalue weighted by Crippen LogP contribution is 2.29. The maximum absolute atomic E-state index is 11.7. The molecule has 4 unspecified atom stereocenters. The molecule has 0 spiro atoms. The summed E-state index contributed by atoms with van der Waals surface area (Å²) in [4.78, 5) is 23.3. The quantitative estimate of drug-likeness (QED) is 0.486. The summed E-state index contributed by atoms with van der Waals surface area (Å²) in [5.74, 6) is -0.111. The molecule has 2 amide bonds. The van der Waals surface area contributed by atoms with E-state index in [1.54, 1.807) is 0 Å². The highest BCUT2D eigenvalue weighted by Gasteiger charge is 2.44. The zero-order valence-corrected chi connectivity index (χ0v) is 11.8. The Morgan fingerprint density at radius 1 is 1.05 bits per heavy atom. The molecule has 1 aliphatic heterocycles. The number of amides is 2. The van der Waals surface area contributed by atoms with E-state index in [4.69, 9.17) is 4.74 Å². The van der Waals surface area contributed by atoms with Crippen LogP contribution in [0.15, 0.2) is 0 Å². The lowest BCUT2D eigenvalue weighted by Gasteiger charge is -2.15. The summed E-state index contributed by atoms with van der Waals surface area (Å²) < 4.78 is 5.53. The molecule has 1 saturated heterocycles. The number of ether oxygens (including phenoxy) is 1. The molecule has 4 N–H and O–H groups in total. The van der Waals surface area contributed by atoms with Crippen LogP contribution in [0.1, 0.15) is 32.1 Å². The minimum absolute atomic E-state index is 0.0296. The first-order valence-electron chi connectivity index (χ1n) is 7.63. The fraction of sp³-hybridized carbons (Fsp3) is 0.857. The molecule has 2 saturated carbocycles. The van der Waals surface area contributed by atoms with E-state index in [2.05, 4.69) is 10.6 Å². The summed E-state index contributed by atoms with van der Waals surface area (Å²) in [5, 5.41) is 25.4. The van der Waals surface area contributed by atoms with Crippen molar-refractivity contribution in [2.24, 2.45) is 5.92 Å². The SMILES string of the molecule is O=C(CC1OC(CNC(=O)C2CC2)C(O)C1O)NC1CC1. The van der Waals surface area contributed by atoms with Gasteiger partial charge in [0.05, 0.1) is 12.5 Å². The van der Waals surface area contributed by atoms with E-state index in [-0.39, 0.29) is 36.7 Å². The van der Waals surface area contributed by atoms with Crippen molar-refractivity contribution in [3.8, 4) is 0 Å². The fourth-order valence-electron chi connectivity index (χ4n) is 2.55. The monoisotopic (exact) mass is 298 g/mol. The van der Waals surface area contributed by atoms with Crippen molar-refractivity contribution in [3.63, 3.8) is 0 Å². The molecule has 3 rings (SSSR count). The summed E-state index contributed by atoms with van der Waals surface area (Å²) in [6, 6.07) is 0.259. The Hall–Kier alpha value is -1.18. The summed E-state index contributed by atoms with van der Waals surface area (Å²) in [6.45, 7) is 0.161. The third-order valence-corrected chi connectivity index (χ3v) is 4.22. The summed E-state index contributed by atoms with van der Waals surface area (Å²) in [5.41, 5.74) is 0. The van der Waals surface area contributed by atoms with Gasteiger partial charge in [-0.2, -0.15) is 0 Å². The molecule has 0 radical (unpaired) electrons. The van der Waals surface area contributed by atoms with Crippen molar-refractivity contribution in [3.05, 3.63) is 0 Å². The molecule has 2 aliphatic carbocycles. The summed E-state index contributed by atoms with van der Waals surface area (Å²) in [7, 11) is 0. The normalized spacial score (nSPS) is 35.5. The van der Waals surface area contributed by atoms with Gasteiger partial charge in [-0.3, -0.25) is 9.59 Å². The molecule has 3 fully saturated rings. The van der Waals surface area contributed by atoms with Crippen LogP contribution in [-0.2, 0) is 14.3 Å². The molecular weight excluding hydrogens is 276 g/mol. The van der Waals surface area contributed by atoms with Crippen molar-refractivity contribution in [1.82, 2.24) is 10.6 Å². The third kappa shape index (κ3) is 3.72. The molecule has 0 aromatic carbocycles. The van der Waals surface area contributed by atoms with Gasteiger partial charge in [-0.1, -0.05) is 0 Å². The molecule has 21 heavy (non-hydrogen) atoms. The van der Waals surface area contributed by atoms with Gasteiger partial charge < -0.3 is 25.6 Å². The predicted octanol–water partition coefficient (Wildman–Crippen LogP) is -1.33. The first-order chi connectivity index (χ1) is 10.0. The summed E-state index contributed by atoms with van der Waals surface area (Å²) in [6.07, 6.45) is 0.279. The molecular formula is C14H22N2O5. The van der Waals surface area contributed by atoms with Gasteiger partial charge in [0.25, 0.3) is 0 Å². The van der Waals surface area contributed by atoms with Crippen LogP contribution in [0.25, 0.3) is 0 Å². The lowest BCUT2D eigenvalue weighted by molar-refractivity contribution is -0.126. The van der Waals surface area contributed by atoms with E-state index in [0.29, 0.717) is 0 Å². The van der Waals surface area contributed by atoms with Gasteiger partial charge in [0.1, 0.15) is 18.3 Å². The molecule has 4 atom stereocenters. The average Bonchev–Trinajstić information content (AvgIpc) is 3.32. The van der Waals surface area contributed by atoms with Crippen LogP contribution in [-0.4, -0.2) is 59.0 Å². The molecule has 0 aromatic rings. The van der Waals surface area contributed by atoms with Crippen molar-refractivity contribution in [2.75, 3.05) is 6.54 Å². The topological polar surface area (TPSA) is 108 Å². The minimum atomic E-state index is -1.10. The number of carbonyl (C=O) groups excluding carboxylic acids is 2. The van der Waals surface area contributed by atoms with E-state index >= 15 is 0 Å². The maximum Gasteiger partial charge on any atom is 0.223 e. The van der Waals surface area contributed by atoms with Crippen LogP contribution in [0.3, 0.4) is 0 Å². The number of aliphatic hydroxyl groups excluding tert-OH is 2. The Balaban J connectivity index is 1.45. The minimum Gasteiger partial charge on any atom is -0.388 e.